The Balaban J connectivity index is 2.03. The first-order valence-corrected chi connectivity index (χ1v) is 7.82. The van der Waals surface area contributed by atoms with Crippen molar-refractivity contribution in [3.05, 3.63) is 29.3 Å². The summed E-state index contributed by atoms with van der Waals surface area (Å²) in [7, 11) is 0. The van der Waals surface area contributed by atoms with Crippen LogP contribution in [0.2, 0.25) is 5.02 Å². The largest absolute Gasteiger partial charge is 0.479 e. The first-order valence-electron chi connectivity index (χ1n) is 7.44. The molecule has 0 aromatic heterocycles. The number of benzene rings is 1. The molecule has 3 atom stereocenters. The molecule has 1 heterocycles. The van der Waals surface area contributed by atoms with Crippen molar-refractivity contribution in [2.75, 3.05) is 13.1 Å². The zero-order valence-corrected chi connectivity index (χ0v) is 13.3. The summed E-state index contributed by atoms with van der Waals surface area (Å²) >= 11 is 6.06. The quantitative estimate of drug-likeness (QED) is 0.930. The number of amides is 1. The van der Waals surface area contributed by atoms with Gasteiger partial charge in [0.15, 0.2) is 6.10 Å². The number of nitrogens with zero attached hydrogens (tertiary/aromatic N) is 1. The summed E-state index contributed by atoms with van der Waals surface area (Å²) < 4.78 is 5.72. The maximum atomic E-state index is 12.6. The van der Waals surface area contributed by atoms with Gasteiger partial charge in [-0.15, -0.1) is 0 Å². The number of ether oxygens (including phenoxy) is 1. The van der Waals surface area contributed by atoms with E-state index < -0.39 is 6.10 Å². The van der Waals surface area contributed by atoms with Gasteiger partial charge in [0.2, 0.25) is 0 Å². The van der Waals surface area contributed by atoms with E-state index in [1.165, 1.54) is 0 Å². The molecule has 1 aliphatic rings. The molecule has 1 amide bonds. The average Bonchev–Trinajstić information content (AvgIpc) is 2.48. The molecule has 0 saturated carbocycles. The molecule has 1 aromatic rings. The molecule has 5 heteroatoms. The SMILES string of the molecule is CC1CCN(C(=O)C(C)Oc2ccccc2Cl)C(CN)C1. The van der Waals surface area contributed by atoms with Gasteiger partial charge in [-0.2, -0.15) is 0 Å². The summed E-state index contributed by atoms with van der Waals surface area (Å²) in [5, 5.41) is 0.514. The van der Waals surface area contributed by atoms with Crippen molar-refractivity contribution in [1.82, 2.24) is 4.90 Å². The first kappa shape index (κ1) is 16.1. The van der Waals surface area contributed by atoms with E-state index in [2.05, 4.69) is 6.92 Å². The highest BCUT2D eigenvalue weighted by atomic mass is 35.5. The fraction of sp³-hybridized carbons (Fsp3) is 0.562. The number of hydrogen-bond acceptors (Lipinski definition) is 3. The van der Waals surface area contributed by atoms with Crippen LogP contribution in [0.1, 0.15) is 26.7 Å². The number of rotatable bonds is 4. The number of carbonyl (C=O) groups is 1. The van der Waals surface area contributed by atoms with Gasteiger partial charge in [0, 0.05) is 19.1 Å². The zero-order chi connectivity index (χ0) is 15.4. The van der Waals surface area contributed by atoms with E-state index in [4.69, 9.17) is 22.1 Å². The number of para-hydroxylation sites is 1. The number of piperidine rings is 1. The summed E-state index contributed by atoms with van der Waals surface area (Å²) in [6.07, 6.45) is 1.41. The molecule has 2 N–H and O–H groups in total. The third kappa shape index (κ3) is 3.89. The Hall–Kier alpha value is -1.26. The van der Waals surface area contributed by atoms with Gasteiger partial charge in [0.25, 0.3) is 5.91 Å². The highest BCUT2D eigenvalue weighted by Crippen LogP contribution is 2.26. The lowest BCUT2D eigenvalue weighted by Gasteiger charge is -2.39. The average molecular weight is 311 g/mol. The van der Waals surface area contributed by atoms with Gasteiger partial charge in [-0.25, -0.2) is 0 Å². The van der Waals surface area contributed by atoms with Crippen LogP contribution in [0.25, 0.3) is 0 Å². The maximum absolute atomic E-state index is 12.6. The summed E-state index contributed by atoms with van der Waals surface area (Å²) in [6.45, 7) is 5.21. The number of likely N-dealkylation sites (tertiary alicyclic amines) is 1. The molecule has 0 aliphatic carbocycles. The topological polar surface area (TPSA) is 55.6 Å². The second kappa shape index (κ2) is 7.14. The lowest BCUT2D eigenvalue weighted by molar-refractivity contribution is -0.142. The molecule has 116 valence electrons. The maximum Gasteiger partial charge on any atom is 0.263 e. The van der Waals surface area contributed by atoms with E-state index in [0.29, 0.717) is 23.2 Å². The van der Waals surface area contributed by atoms with Crippen molar-refractivity contribution in [3.63, 3.8) is 0 Å². The third-order valence-corrected chi connectivity index (χ3v) is 4.33. The van der Waals surface area contributed by atoms with Gasteiger partial charge in [0.05, 0.1) is 5.02 Å². The molecule has 2 rings (SSSR count). The third-order valence-electron chi connectivity index (χ3n) is 4.02. The number of halogens is 1. The van der Waals surface area contributed by atoms with Crippen LogP contribution < -0.4 is 10.5 Å². The highest BCUT2D eigenvalue weighted by molar-refractivity contribution is 6.32. The fourth-order valence-electron chi connectivity index (χ4n) is 2.78. The van der Waals surface area contributed by atoms with Crippen LogP contribution in [0, 0.1) is 5.92 Å². The van der Waals surface area contributed by atoms with Crippen molar-refractivity contribution in [2.45, 2.75) is 38.8 Å². The molecule has 0 bridgehead atoms. The molecule has 21 heavy (non-hydrogen) atoms. The van der Waals surface area contributed by atoms with Gasteiger partial charge in [-0.3, -0.25) is 4.79 Å². The summed E-state index contributed by atoms with van der Waals surface area (Å²) in [6, 6.07) is 7.30. The smallest absolute Gasteiger partial charge is 0.263 e. The molecular weight excluding hydrogens is 288 g/mol. The van der Waals surface area contributed by atoms with Gasteiger partial charge in [0.1, 0.15) is 5.75 Å². The Kier molecular flexibility index (Phi) is 5.48. The second-order valence-electron chi connectivity index (χ2n) is 5.74. The van der Waals surface area contributed by atoms with E-state index in [0.717, 1.165) is 19.4 Å². The number of hydrogen-bond donors (Lipinski definition) is 1. The number of nitrogens with two attached hydrogens (primary N) is 1. The van der Waals surface area contributed by atoms with Gasteiger partial charge >= 0.3 is 0 Å². The van der Waals surface area contributed by atoms with Crippen LogP contribution in [0.5, 0.6) is 5.75 Å². The van der Waals surface area contributed by atoms with Crippen molar-refractivity contribution in [3.8, 4) is 5.75 Å². The van der Waals surface area contributed by atoms with Crippen LogP contribution in [-0.2, 0) is 4.79 Å². The zero-order valence-electron chi connectivity index (χ0n) is 12.6. The number of carbonyl (C=O) groups excluding carboxylic acids is 1. The molecule has 1 aliphatic heterocycles. The predicted octanol–water partition coefficient (Wildman–Crippen LogP) is 2.69. The molecule has 1 aromatic carbocycles. The summed E-state index contributed by atoms with van der Waals surface area (Å²) in [5.41, 5.74) is 5.81. The molecule has 0 radical (unpaired) electrons. The Morgan fingerprint density at radius 2 is 2.24 bits per heavy atom. The van der Waals surface area contributed by atoms with Crippen LogP contribution in [-0.4, -0.2) is 36.0 Å². The monoisotopic (exact) mass is 310 g/mol. The van der Waals surface area contributed by atoms with E-state index in [1.54, 1.807) is 19.1 Å². The van der Waals surface area contributed by atoms with Crippen LogP contribution in [0.3, 0.4) is 0 Å². The normalized spacial score (nSPS) is 23.7. The van der Waals surface area contributed by atoms with Crippen LogP contribution in [0.15, 0.2) is 24.3 Å². The van der Waals surface area contributed by atoms with E-state index >= 15 is 0 Å². The fourth-order valence-corrected chi connectivity index (χ4v) is 2.96. The van der Waals surface area contributed by atoms with Crippen molar-refractivity contribution in [2.24, 2.45) is 11.7 Å². The van der Waals surface area contributed by atoms with Crippen molar-refractivity contribution < 1.29 is 9.53 Å². The molecule has 3 unspecified atom stereocenters. The Morgan fingerprint density at radius 3 is 2.90 bits per heavy atom. The molecule has 4 nitrogen and oxygen atoms in total. The minimum atomic E-state index is -0.563. The Labute approximate surface area is 131 Å². The summed E-state index contributed by atoms with van der Waals surface area (Å²) in [5.74, 6) is 1.13. The van der Waals surface area contributed by atoms with Gasteiger partial charge in [-0.05, 0) is 37.8 Å². The lowest BCUT2D eigenvalue weighted by atomic mass is 9.92. The first-order chi connectivity index (χ1) is 10.0. The van der Waals surface area contributed by atoms with E-state index in [1.807, 2.05) is 17.0 Å². The molecule has 1 fully saturated rings. The van der Waals surface area contributed by atoms with Gasteiger partial charge < -0.3 is 15.4 Å². The van der Waals surface area contributed by atoms with E-state index in [-0.39, 0.29) is 11.9 Å². The molecule has 1 saturated heterocycles. The van der Waals surface area contributed by atoms with Crippen molar-refractivity contribution in [1.29, 1.82) is 0 Å². The minimum Gasteiger partial charge on any atom is -0.479 e. The van der Waals surface area contributed by atoms with Crippen molar-refractivity contribution >= 4 is 17.5 Å². The summed E-state index contributed by atoms with van der Waals surface area (Å²) in [4.78, 5) is 14.5. The predicted molar refractivity (Wildman–Crippen MR) is 84.5 cm³/mol. The van der Waals surface area contributed by atoms with Crippen LogP contribution in [0.4, 0.5) is 0 Å². The molecule has 0 spiro atoms. The minimum absolute atomic E-state index is 0.0164. The second-order valence-corrected chi connectivity index (χ2v) is 6.15. The van der Waals surface area contributed by atoms with Crippen LogP contribution >= 0.6 is 11.6 Å². The highest BCUT2D eigenvalue weighted by Gasteiger charge is 2.32. The van der Waals surface area contributed by atoms with E-state index in [9.17, 15) is 4.79 Å². The Morgan fingerprint density at radius 1 is 1.52 bits per heavy atom. The van der Waals surface area contributed by atoms with Gasteiger partial charge in [-0.1, -0.05) is 30.7 Å². The molecular formula is C16H23ClN2O2. The lowest BCUT2D eigenvalue weighted by Crippen LogP contribution is -2.52. The Bertz CT molecular complexity index is 495. The standard InChI is InChI=1S/C16H23ClN2O2/c1-11-7-8-19(13(9-11)10-18)16(20)12(2)21-15-6-4-3-5-14(15)17/h3-6,11-13H,7-10,18H2,1-2H3.